The van der Waals surface area contributed by atoms with E-state index in [1.807, 2.05) is 29.6 Å². The smallest absolute Gasteiger partial charge is 0.266 e. The summed E-state index contributed by atoms with van der Waals surface area (Å²) in [6, 6.07) is 12.0. The molecule has 2 aromatic heterocycles. The third kappa shape index (κ3) is 4.89. The van der Waals surface area contributed by atoms with Crippen LogP contribution in [0.2, 0.25) is 5.02 Å². The minimum absolute atomic E-state index is 0.0434. The number of thiophene rings is 2. The van der Waals surface area contributed by atoms with Crippen LogP contribution < -0.4 is 5.32 Å². The van der Waals surface area contributed by atoms with Gasteiger partial charge in [-0.2, -0.15) is 0 Å². The largest absolute Gasteiger partial charge is 0.313 e. The number of nitrogens with one attached hydrogen (secondary N) is 1. The lowest BCUT2D eigenvalue weighted by atomic mass is 9.94. The summed E-state index contributed by atoms with van der Waals surface area (Å²) in [5.41, 5.74) is 3.61. The van der Waals surface area contributed by atoms with Crippen LogP contribution in [0.5, 0.6) is 0 Å². The molecule has 7 heteroatoms. The van der Waals surface area contributed by atoms with Crippen LogP contribution in [0.25, 0.3) is 0 Å². The first-order valence-corrected chi connectivity index (χ1v) is 12.7. The van der Waals surface area contributed by atoms with E-state index >= 15 is 0 Å². The number of nitrogens with zero attached hydrogens (tertiary/aromatic N) is 2. The molecule has 1 aliphatic heterocycles. The highest BCUT2D eigenvalue weighted by Gasteiger charge is 2.31. The molecule has 3 aromatic rings. The van der Waals surface area contributed by atoms with Crippen molar-refractivity contribution in [3.63, 3.8) is 0 Å². The Bertz CT molecular complexity index is 1040. The molecule has 1 aliphatic rings. The van der Waals surface area contributed by atoms with Crippen LogP contribution in [0, 0.1) is 13.8 Å². The molecule has 3 heterocycles. The van der Waals surface area contributed by atoms with Crippen LogP contribution in [-0.4, -0.2) is 48.4 Å². The van der Waals surface area contributed by atoms with E-state index in [0.717, 1.165) is 47.6 Å². The number of rotatable bonds is 6. The number of hydrogen-bond acceptors (Lipinski definition) is 5. The molecule has 0 spiro atoms. The predicted molar refractivity (Wildman–Crippen MR) is 133 cm³/mol. The second-order valence-electron chi connectivity index (χ2n) is 7.89. The summed E-state index contributed by atoms with van der Waals surface area (Å²) in [5.74, 6) is -0.0434. The Balaban J connectivity index is 1.75. The lowest BCUT2D eigenvalue weighted by molar-refractivity contribution is 0.102. The normalized spacial score (nSPS) is 16.4. The number of amides is 1. The monoisotopic (exact) mass is 473 g/mol. The van der Waals surface area contributed by atoms with Gasteiger partial charge in [0, 0.05) is 41.6 Å². The number of piperazine rings is 1. The quantitative estimate of drug-likeness (QED) is 0.472. The maximum absolute atomic E-state index is 12.9. The van der Waals surface area contributed by atoms with E-state index in [9.17, 15) is 4.79 Å². The predicted octanol–water partition coefficient (Wildman–Crippen LogP) is 6.06. The summed E-state index contributed by atoms with van der Waals surface area (Å²) in [7, 11) is 0. The van der Waals surface area contributed by atoms with Crippen molar-refractivity contribution in [1.82, 2.24) is 9.80 Å². The van der Waals surface area contributed by atoms with Gasteiger partial charge < -0.3 is 10.2 Å². The average Bonchev–Trinajstić information content (AvgIpc) is 3.39. The average molecular weight is 474 g/mol. The number of likely N-dealkylation sites (N-methyl/N-ethyl adjacent to an activating group) is 1. The molecule has 4 rings (SSSR count). The zero-order valence-corrected chi connectivity index (χ0v) is 20.5. The number of halogens is 1. The van der Waals surface area contributed by atoms with Gasteiger partial charge in [-0.3, -0.25) is 9.69 Å². The van der Waals surface area contributed by atoms with E-state index in [0.29, 0.717) is 0 Å². The fraction of sp³-hybridized carbons (Fsp3) is 0.375. The van der Waals surface area contributed by atoms with E-state index in [4.69, 9.17) is 11.6 Å². The minimum atomic E-state index is -0.0434. The van der Waals surface area contributed by atoms with E-state index < -0.39 is 0 Å². The molecule has 1 aromatic carbocycles. The Morgan fingerprint density at radius 3 is 2.58 bits per heavy atom. The highest BCUT2D eigenvalue weighted by molar-refractivity contribution is 7.17. The van der Waals surface area contributed by atoms with E-state index in [2.05, 4.69) is 48.0 Å². The number of carbonyl (C=O) groups is 1. The summed E-state index contributed by atoms with van der Waals surface area (Å²) < 4.78 is 0. The summed E-state index contributed by atoms with van der Waals surface area (Å²) in [4.78, 5) is 19.9. The molecule has 4 nitrogen and oxygen atoms in total. The van der Waals surface area contributed by atoms with Gasteiger partial charge in [-0.05, 0) is 55.1 Å². The second kappa shape index (κ2) is 9.84. The summed E-state index contributed by atoms with van der Waals surface area (Å²) >= 11 is 9.53. The molecule has 1 N–H and O–H groups in total. The van der Waals surface area contributed by atoms with Crippen LogP contribution in [-0.2, 0) is 0 Å². The highest BCUT2D eigenvalue weighted by atomic mass is 35.5. The van der Waals surface area contributed by atoms with Crippen LogP contribution in [0.1, 0.15) is 44.2 Å². The molecule has 0 saturated carbocycles. The van der Waals surface area contributed by atoms with Crippen LogP contribution in [0.3, 0.4) is 0 Å². The molecule has 1 saturated heterocycles. The Morgan fingerprint density at radius 2 is 1.94 bits per heavy atom. The maximum atomic E-state index is 12.9. The van der Waals surface area contributed by atoms with E-state index in [1.165, 1.54) is 32.9 Å². The third-order valence-electron chi connectivity index (χ3n) is 6.06. The summed E-state index contributed by atoms with van der Waals surface area (Å²) in [6.07, 6.45) is 0. The van der Waals surface area contributed by atoms with Gasteiger partial charge in [0.1, 0.15) is 5.00 Å². The van der Waals surface area contributed by atoms with Gasteiger partial charge in [-0.1, -0.05) is 36.7 Å². The van der Waals surface area contributed by atoms with Crippen molar-refractivity contribution in [3.8, 4) is 0 Å². The van der Waals surface area contributed by atoms with Gasteiger partial charge in [0.25, 0.3) is 5.91 Å². The van der Waals surface area contributed by atoms with Crippen molar-refractivity contribution >= 4 is 45.2 Å². The van der Waals surface area contributed by atoms with Crippen LogP contribution >= 0.6 is 34.3 Å². The Hall–Kier alpha value is -1.70. The summed E-state index contributed by atoms with van der Waals surface area (Å²) in [6.45, 7) is 11.7. The zero-order chi connectivity index (χ0) is 22.0. The molecule has 164 valence electrons. The standard InChI is InChI=1S/C24H28ClN3OS2/c1-4-27-10-12-28(13-11-27)22(18-7-5-8-19(25)15-18)21-16(2)17(3)31-24(21)26-23(29)20-9-6-14-30-20/h5-9,14-15,22H,4,10-13H2,1-3H3,(H,26,29). The topological polar surface area (TPSA) is 35.6 Å². The fourth-order valence-electron chi connectivity index (χ4n) is 4.21. The molecule has 1 amide bonds. The van der Waals surface area contributed by atoms with Gasteiger partial charge >= 0.3 is 0 Å². The second-order valence-corrected chi connectivity index (χ2v) is 10.5. The molecule has 31 heavy (non-hydrogen) atoms. The SMILES string of the molecule is CCN1CCN(C(c2cccc(Cl)c2)c2c(NC(=O)c3cccs3)sc(C)c2C)CC1. The fourth-order valence-corrected chi connectivity index (χ4v) is 6.12. The highest BCUT2D eigenvalue weighted by Crippen LogP contribution is 2.43. The first-order chi connectivity index (χ1) is 15.0. The van der Waals surface area contributed by atoms with Gasteiger partial charge in [-0.25, -0.2) is 0 Å². The number of anilines is 1. The van der Waals surface area contributed by atoms with Crippen LogP contribution in [0.15, 0.2) is 41.8 Å². The number of benzene rings is 1. The first kappa shape index (κ1) is 22.5. The Morgan fingerprint density at radius 1 is 1.16 bits per heavy atom. The van der Waals surface area contributed by atoms with Gasteiger partial charge in [0.15, 0.2) is 0 Å². The Kier molecular flexibility index (Phi) is 7.14. The molecule has 1 atom stereocenters. The molecular formula is C24H28ClN3OS2. The maximum Gasteiger partial charge on any atom is 0.266 e. The van der Waals surface area contributed by atoms with Crippen LogP contribution in [0.4, 0.5) is 5.00 Å². The number of carbonyl (C=O) groups excluding carboxylic acids is 1. The summed E-state index contributed by atoms with van der Waals surface area (Å²) in [5, 5.41) is 6.83. The minimum Gasteiger partial charge on any atom is -0.313 e. The number of aryl methyl sites for hydroxylation is 1. The first-order valence-electron chi connectivity index (χ1n) is 10.6. The van der Waals surface area contributed by atoms with Gasteiger partial charge in [0.2, 0.25) is 0 Å². The lowest BCUT2D eigenvalue weighted by Crippen LogP contribution is -2.47. The van der Waals surface area contributed by atoms with Crippen molar-refractivity contribution in [3.05, 3.63) is 73.2 Å². The van der Waals surface area contributed by atoms with Crippen molar-refractivity contribution < 1.29 is 4.79 Å². The van der Waals surface area contributed by atoms with Crippen molar-refractivity contribution in [1.29, 1.82) is 0 Å². The number of hydrogen-bond donors (Lipinski definition) is 1. The van der Waals surface area contributed by atoms with Gasteiger partial charge in [0.05, 0.1) is 10.9 Å². The Labute approximate surface area is 197 Å². The zero-order valence-electron chi connectivity index (χ0n) is 18.2. The van der Waals surface area contributed by atoms with Crippen molar-refractivity contribution in [2.75, 3.05) is 38.0 Å². The molecule has 0 radical (unpaired) electrons. The molecular weight excluding hydrogens is 446 g/mol. The van der Waals surface area contributed by atoms with Gasteiger partial charge in [-0.15, -0.1) is 22.7 Å². The molecule has 0 aliphatic carbocycles. The molecule has 1 unspecified atom stereocenters. The molecule has 0 bridgehead atoms. The van der Waals surface area contributed by atoms with E-state index in [1.54, 1.807) is 11.3 Å². The van der Waals surface area contributed by atoms with Crippen molar-refractivity contribution in [2.24, 2.45) is 0 Å². The van der Waals surface area contributed by atoms with E-state index in [-0.39, 0.29) is 11.9 Å². The van der Waals surface area contributed by atoms with Crippen molar-refractivity contribution in [2.45, 2.75) is 26.8 Å². The third-order valence-corrected chi connectivity index (χ3v) is 8.30. The molecule has 1 fully saturated rings. The lowest BCUT2D eigenvalue weighted by Gasteiger charge is -2.39.